The van der Waals surface area contributed by atoms with Gasteiger partial charge in [-0.15, -0.1) is 0 Å². The number of benzene rings is 1. The smallest absolute Gasteiger partial charge is 0.126 e. The Hall–Kier alpha value is -0.640. The van der Waals surface area contributed by atoms with E-state index in [1.807, 2.05) is 20.9 Å². The highest BCUT2D eigenvalue weighted by Crippen LogP contribution is 2.31. The summed E-state index contributed by atoms with van der Waals surface area (Å²) in [5.74, 6) is -0.203. The van der Waals surface area contributed by atoms with Gasteiger partial charge in [-0.2, -0.15) is 0 Å². The van der Waals surface area contributed by atoms with Crippen LogP contribution in [0.25, 0.3) is 0 Å². The molecule has 0 saturated carbocycles. The summed E-state index contributed by atoms with van der Waals surface area (Å²) in [6.45, 7) is 7.26. The van der Waals surface area contributed by atoms with Gasteiger partial charge in [-0.3, -0.25) is 0 Å². The van der Waals surface area contributed by atoms with E-state index in [0.717, 1.165) is 18.8 Å². The maximum Gasteiger partial charge on any atom is 0.126 e. The molecule has 2 N–H and O–H groups in total. The molecule has 0 saturated heterocycles. The van der Waals surface area contributed by atoms with Gasteiger partial charge in [0, 0.05) is 23.7 Å². The van der Waals surface area contributed by atoms with Crippen molar-refractivity contribution in [1.82, 2.24) is 10.6 Å². The van der Waals surface area contributed by atoms with Crippen LogP contribution in [0.1, 0.15) is 25.0 Å². The lowest BCUT2D eigenvalue weighted by Gasteiger charge is -2.27. The quantitative estimate of drug-likeness (QED) is 0.627. The molecule has 2 nitrogen and oxygen atoms in total. The van der Waals surface area contributed by atoms with E-state index in [9.17, 15) is 4.39 Å². The second kappa shape index (κ2) is 5.80. The number of rotatable bonds is 5. The monoisotopic (exact) mass is 258 g/mol. The van der Waals surface area contributed by atoms with Crippen molar-refractivity contribution in [2.45, 2.75) is 26.2 Å². The molecule has 0 aromatic heterocycles. The van der Waals surface area contributed by atoms with E-state index in [-0.39, 0.29) is 11.2 Å². The Bertz CT molecular complexity index is 391. The normalized spacial score (nSPS) is 11.9. The van der Waals surface area contributed by atoms with Crippen LogP contribution in [0.2, 0.25) is 5.02 Å². The van der Waals surface area contributed by atoms with E-state index in [1.165, 1.54) is 0 Å². The third-order valence-electron chi connectivity index (χ3n) is 2.85. The molecule has 1 rings (SSSR count). The predicted molar refractivity (Wildman–Crippen MR) is 71.1 cm³/mol. The minimum Gasteiger partial charge on any atom is -0.308 e. The summed E-state index contributed by atoms with van der Waals surface area (Å²) in [6.07, 6.45) is 0. The minimum absolute atomic E-state index is 0.203. The Morgan fingerprint density at radius 1 is 1.35 bits per heavy atom. The van der Waals surface area contributed by atoms with E-state index >= 15 is 0 Å². The van der Waals surface area contributed by atoms with Gasteiger partial charge in [0.2, 0.25) is 0 Å². The van der Waals surface area contributed by atoms with Crippen molar-refractivity contribution in [2.75, 3.05) is 20.3 Å². The Morgan fingerprint density at radius 3 is 2.59 bits per heavy atom. The van der Waals surface area contributed by atoms with Gasteiger partial charge in [0.25, 0.3) is 0 Å². The van der Waals surface area contributed by atoms with Crippen LogP contribution in [0.15, 0.2) is 12.1 Å². The van der Waals surface area contributed by atoms with Crippen molar-refractivity contribution in [3.63, 3.8) is 0 Å². The highest BCUT2D eigenvalue weighted by Gasteiger charge is 2.24. The number of nitrogens with one attached hydrogen (secondary N) is 2. The largest absolute Gasteiger partial charge is 0.308 e. The Kier molecular flexibility index (Phi) is 4.92. The first-order chi connectivity index (χ1) is 7.88. The van der Waals surface area contributed by atoms with Gasteiger partial charge in [-0.25, -0.2) is 4.39 Å². The first-order valence-electron chi connectivity index (χ1n) is 5.70. The molecule has 0 atom stereocenters. The van der Waals surface area contributed by atoms with Crippen LogP contribution >= 0.6 is 11.6 Å². The highest BCUT2D eigenvalue weighted by atomic mass is 35.5. The predicted octanol–water partition coefficient (Wildman–Crippen LogP) is 2.83. The number of hydrogen-bond acceptors (Lipinski definition) is 2. The molecule has 0 radical (unpaired) electrons. The SMILES string of the molecule is CNCNCC(C)(C)c1cc(F)c(C)cc1Cl. The maximum absolute atomic E-state index is 13.6. The summed E-state index contributed by atoms with van der Waals surface area (Å²) in [5.41, 5.74) is 1.21. The number of hydrogen-bond donors (Lipinski definition) is 2. The van der Waals surface area contributed by atoms with Gasteiger partial charge >= 0.3 is 0 Å². The molecule has 0 amide bonds. The summed E-state index contributed by atoms with van der Waals surface area (Å²) in [5, 5.41) is 6.88. The van der Waals surface area contributed by atoms with Gasteiger partial charge in [-0.05, 0) is 37.2 Å². The van der Waals surface area contributed by atoms with E-state index in [1.54, 1.807) is 19.1 Å². The summed E-state index contributed by atoms with van der Waals surface area (Å²) >= 11 is 6.19. The molecule has 0 unspecified atom stereocenters. The topological polar surface area (TPSA) is 24.1 Å². The maximum atomic E-state index is 13.6. The molecule has 1 aromatic carbocycles. The average Bonchev–Trinajstić information content (AvgIpc) is 2.23. The fourth-order valence-electron chi connectivity index (χ4n) is 1.76. The lowest BCUT2D eigenvalue weighted by Crippen LogP contribution is -2.37. The third-order valence-corrected chi connectivity index (χ3v) is 3.16. The second-order valence-corrected chi connectivity index (χ2v) is 5.33. The van der Waals surface area contributed by atoms with Gasteiger partial charge in [0.15, 0.2) is 0 Å². The zero-order chi connectivity index (χ0) is 13.1. The molecule has 96 valence electrons. The first-order valence-corrected chi connectivity index (χ1v) is 6.07. The molecule has 1 aromatic rings. The molecule has 0 heterocycles. The zero-order valence-electron chi connectivity index (χ0n) is 10.8. The molecule has 0 aliphatic carbocycles. The van der Waals surface area contributed by atoms with Crippen molar-refractivity contribution < 1.29 is 4.39 Å². The van der Waals surface area contributed by atoms with Crippen LogP contribution in [0.5, 0.6) is 0 Å². The van der Waals surface area contributed by atoms with Crippen LogP contribution in [-0.4, -0.2) is 20.3 Å². The van der Waals surface area contributed by atoms with Crippen LogP contribution in [0.3, 0.4) is 0 Å². The fraction of sp³-hybridized carbons (Fsp3) is 0.538. The Labute approximate surface area is 108 Å². The molecular weight excluding hydrogens is 239 g/mol. The van der Waals surface area contributed by atoms with Crippen molar-refractivity contribution in [3.05, 3.63) is 34.1 Å². The van der Waals surface area contributed by atoms with E-state index in [2.05, 4.69) is 10.6 Å². The average molecular weight is 259 g/mol. The van der Waals surface area contributed by atoms with Crippen LogP contribution in [0.4, 0.5) is 4.39 Å². The lowest BCUT2D eigenvalue weighted by molar-refractivity contribution is 0.457. The van der Waals surface area contributed by atoms with Crippen LogP contribution in [0, 0.1) is 12.7 Å². The summed E-state index contributed by atoms with van der Waals surface area (Å²) < 4.78 is 13.6. The van der Waals surface area contributed by atoms with Gasteiger partial charge in [-0.1, -0.05) is 25.4 Å². The summed E-state index contributed by atoms with van der Waals surface area (Å²) in [7, 11) is 1.87. The second-order valence-electron chi connectivity index (χ2n) is 4.92. The van der Waals surface area contributed by atoms with Crippen molar-refractivity contribution in [2.24, 2.45) is 0 Å². The van der Waals surface area contributed by atoms with E-state index in [0.29, 0.717) is 10.6 Å². The van der Waals surface area contributed by atoms with Crippen LogP contribution < -0.4 is 10.6 Å². The molecule has 4 heteroatoms. The van der Waals surface area contributed by atoms with Crippen molar-refractivity contribution in [1.29, 1.82) is 0 Å². The molecule has 17 heavy (non-hydrogen) atoms. The zero-order valence-corrected chi connectivity index (χ0v) is 11.6. The third kappa shape index (κ3) is 3.66. The molecule has 0 aliphatic heterocycles. The molecule has 0 aliphatic rings. The highest BCUT2D eigenvalue weighted by molar-refractivity contribution is 6.31. The standard InChI is InChI=1S/C13H20ClFN2/c1-9-5-11(14)10(6-12(9)15)13(2,3)7-17-8-16-4/h5-6,16-17H,7-8H2,1-4H3. The Morgan fingerprint density at radius 2 is 2.00 bits per heavy atom. The lowest BCUT2D eigenvalue weighted by atomic mass is 9.84. The van der Waals surface area contributed by atoms with E-state index in [4.69, 9.17) is 11.6 Å². The van der Waals surface area contributed by atoms with Gasteiger partial charge < -0.3 is 10.6 Å². The van der Waals surface area contributed by atoms with E-state index < -0.39 is 0 Å². The van der Waals surface area contributed by atoms with Crippen molar-refractivity contribution >= 4 is 11.6 Å². The van der Waals surface area contributed by atoms with Gasteiger partial charge in [0.1, 0.15) is 5.82 Å². The first kappa shape index (κ1) is 14.4. The summed E-state index contributed by atoms with van der Waals surface area (Å²) in [6, 6.07) is 3.23. The summed E-state index contributed by atoms with van der Waals surface area (Å²) in [4.78, 5) is 0. The molecule has 0 bridgehead atoms. The number of halogens is 2. The van der Waals surface area contributed by atoms with Crippen molar-refractivity contribution in [3.8, 4) is 0 Å². The molecule has 0 spiro atoms. The Balaban J connectivity index is 2.93. The van der Waals surface area contributed by atoms with Gasteiger partial charge in [0.05, 0.1) is 0 Å². The number of aryl methyl sites for hydroxylation is 1. The fourth-order valence-corrected chi connectivity index (χ4v) is 2.23. The molecular formula is C13H20ClFN2. The minimum atomic E-state index is -0.206. The van der Waals surface area contributed by atoms with Crippen LogP contribution in [-0.2, 0) is 5.41 Å². The molecule has 0 fully saturated rings.